The van der Waals surface area contributed by atoms with Gasteiger partial charge in [0.05, 0.1) is 12.7 Å². The van der Waals surface area contributed by atoms with Gasteiger partial charge in [0.1, 0.15) is 17.6 Å². The zero-order valence-electron chi connectivity index (χ0n) is 21.7. The van der Waals surface area contributed by atoms with Gasteiger partial charge in [0.25, 0.3) is 0 Å². The molecule has 0 N–H and O–H groups in total. The lowest BCUT2D eigenvalue weighted by Gasteiger charge is -2.70. The van der Waals surface area contributed by atoms with Crippen LogP contribution in [0.1, 0.15) is 59.8 Å². The Morgan fingerprint density at radius 2 is 1.67 bits per heavy atom. The topological polar surface area (TPSA) is 114 Å². The standard InChI is InChI=1S/C27H36O9/c1-13-17-10-18(34-14(2)28)21-26-9-7-8-25(5,24(33-12-26)36-16(4)30)19(26)11-20(32-6)27(21,22(13)31)23(17)35-15(3)29/h17-21,23-24H,1,7-12H2,2-6H3/t17-,18-,19+,20-,21-,23+,24-,25+,26-,27+/m0/s1. The van der Waals surface area contributed by atoms with Gasteiger partial charge in [0.15, 0.2) is 5.78 Å². The highest BCUT2D eigenvalue weighted by Gasteiger charge is 2.80. The maximum Gasteiger partial charge on any atom is 0.304 e. The van der Waals surface area contributed by atoms with Crippen molar-refractivity contribution in [1.29, 1.82) is 0 Å². The van der Waals surface area contributed by atoms with Gasteiger partial charge in [-0.1, -0.05) is 19.9 Å². The molecule has 0 radical (unpaired) electrons. The number of carbonyl (C=O) groups excluding carboxylic acids is 4. The van der Waals surface area contributed by atoms with Gasteiger partial charge >= 0.3 is 17.9 Å². The van der Waals surface area contributed by atoms with Crippen LogP contribution in [0.4, 0.5) is 0 Å². The third-order valence-corrected chi connectivity index (χ3v) is 10.0. The fourth-order valence-corrected chi connectivity index (χ4v) is 9.10. The minimum absolute atomic E-state index is 0.0355. The molecule has 5 aliphatic rings. The van der Waals surface area contributed by atoms with E-state index < -0.39 is 70.6 Å². The number of ether oxygens (including phenoxy) is 5. The van der Waals surface area contributed by atoms with E-state index in [2.05, 4.69) is 13.5 Å². The van der Waals surface area contributed by atoms with Crippen LogP contribution in [-0.4, -0.2) is 62.0 Å². The number of carbonyl (C=O) groups is 4. The molecule has 0 aromatic carbocycles. The van der Waals surface area contributed by atoms with Crippen LogP contribution in [0, 0.1) is 34.0 Å². The Kier molecular flexibility index (Phi) is 5.91. The summed E-state index contributed by atoms with van der Waals surface area (Å²) in [6.45, 7) is 10.5. The molecule has 1 heterocycles. The number of fused-ring (bicyclic) bond motifs is 1. The Morgan fingerprint density at radius 3 is 2.28 bits per heavy atom. The molecule has 1 spiro atoms. The molecule has 5 rings (SSSR count). The summed E-state index contributed by atoms with van der Waals surface area (Å²) in [4.78, 5) is 50.8. The molecule has 198 valence electrons. The number of rotatable bonds is 4. The molecule has 0 aromatic heterocycles. The monoisotopic (exact) mass is 504 g/mol. The largest absolute Gasteiger partial charge is 0.462 e. The molecule has 10 atom stereocenters. The van der Waals surface area contributed by atoms with Crippen LogP contribution in [0.25, 0.3) is 0 Å². The molecular weight excluding hydrogens is 468 g/mol. The number of methoxy groups -OCH3 is 1. The maximum atomic E-state index is 14.2. The number of esters is 3. The second-order valence-corrected chi connectivity index (χ2v) is 11.6. The molecule has 4 aliphatic carbocycles. The van der Waals surface area contributed by atoms with E-state index in [4.69, 9.17) is 23.7 Å². The van der Waals surface area contributed by atoms with Gasteiger partial charge in [0.2, 0.25) is 6.29 Å². The van der Waals surface area contributed by atoms with E-state index in [1.807, 2.05) is 0 Å². The van der Waals surface area contributed by atoms with Gasteiger partial charge in [-0.3, -0.25) is 19.2 Å². The quantitative estimate of drug-likeness (QED) is 0.324. The predicted octanol–water partition coefficient (Wildman–Crippen LogP) is 2.74. The Hall–Kier alpha value is -2.26. The minimum atomic E-state index is -1.24. The van der Waals surface area contributed by atoms with Crippen LogP contribution in [0.3, 0.4) is 0 Å². The molecule has 0 aromatic rings. The fourth-order valence-electron chi connectivity index (χ4n) is 9.10. The smallest absolute Gasteiger partial charge is 0.304 e. The third kappa shape index (κ3) is 3.14. The van der Waals surface area contributed by atoms with Gasteiger partial charge < -0.3 is 23.7 Å². The van der Waals surface area contributed by atoms with Crippen LogP contribution in [0.5, 0.6) is 0 Å². The average Bonchev–Trinajstić information content (AvgIpc) is 2.91. The van der Waals surface area contributed by atoms with E-state index in [0.717, 1.165) is 19.3 Å². The average molecular weight is 505 g/mol. The molecular formula is C27H36O9. The van der Waals surface area contributed by atoms with Gasteiger partial charge in [-0.05, 0) is 37.2 Å². The summed E-state index contributed by atoms with van der Waals surface area (Å²) in [6, 6.07) is 0. The number of hydrogen-bond donors (Lipinski definition) is 0. The highest BCUT2D eigenvalue weighted by Crippen LogP contribution is 2.74. The molecule has 1 saturated heterocycles. The van der Waals surface area contributed by atoms with Gasteiger partial charge in [0, 0.05) is 50.5 Å². The second-order valence-electron chi connectivity index (χ2n) is 11.6. The van der Waals surface area contributed by atoms with Crippen molar-refractivity contribution in [2.45, 2.75) is 84.4 Å². The zero-order chi connectivity index (χ0) is 26.2. The van der Waals surface area contributed by atoms with E-state index in [1.54, 1.807) is 7.11 Å². The first-order valence-electron chi connectivity index (χ1n) is 12.8. The summed E-state index contributed by atoms with van der Waals surface area (Å²) in [5, 5.41) is 0. The first-order valence-corrected chi connectivity index (χ1v) is 12.8. The normalized spacial score (nSPS) is 46.9. The van der Waals surface area contributed by atoms with Crippen LogP contribution < -0.4 is 0 Å². The lowest BCUT2D eigenvalue weighted by molar-refractivity contribution is -0.346. The molecule has 9 heteroatoms. The summed E-state index contributed by atoms with van der Waals surface area (Å²) in [5.41, 5.74) is -1.94. The summed E-state index contributed by atoms with van der Waals surface area (Å²) in [6.07, 6.45) is 0.519. The van der Waals surface area contributed by atoms with Crippen LogP contribution >= 0.6 is 0 Å². The number of hydrogen-bond acceptors (Lipinski definition) is 9. The number of ketones is 1. The van der Waals surface area contributed by atoms with Crippen molar-refractivity contribution in [3.63, 3.8) is 0 Å². The molecule has 0 unspecified atom stereocenters. The Labute approximate surface area is 211 Å². The first kappa shape index (κ1) is 25.4. The molecule has 4 bridgehead atoms. The van der Waals surface area contributed by atoms with Crippen molar-refractivity contribution >= 4 is 23.7 Å². The van der Waals surface area contributed by atoms with E-state index >= 15 is 0 Å². The van der Waals surface area contributed by atoms with Crippen LogP contribution in [0.15, 0.2) is 12.2 Å². The van der Waals surface area contributed by atoms with Crippen molar-refractivity contribution in [3.8, 4) is 0 Å². The van der Waals surface area contributed by atoms with E-state index in [9.17, 15) is 19.2 Å². The maximum absolute atomic E-state index is 14.2. The minimum Gasteiger partial charge on any atom is -0.462 e. The van der Waals surface area contributed by atoms with Gasteiger partial charge in [-0.15, -0.1) is 0 Å². The predicted molar refractivity (Wildman–Crippen MR) is 124 cm³/mol. The van der Waals surface area contributed by atoms with E-state index in [0.29, 0.717) is 18.4 Å². The van der Waals surface area contributed by atoms with Crippen LogP contribution in [-0.2, 0) is 42.9 Å². The van der Waals surface area contributed by atoms with Crippen molar-refractivity contribution in [2.75, 3.05) is 13.7 Å². The van der Waals surface area contributed by atoms with Crippen molar-refractivity contribution in [1.82, 2.24) is 0 Å². The lowest BCUT2D eigenvalue weighted by atomic mass is 9.37. The molecule has 1 aliphatic heterocycles. The second kappa shape index (κ2) is 8.38. The molecule has 4 saturated carbocycles. The summed E-state index contributed by atoms with van der Waals surface area (Å²) in [7, 11) is 1.57. The van der Waals surface area contributed by atoms with Crippen molar-refractivity contribution in [2.24, 2.45) is 34.0 Å². The first-order chi connectivity index (χ1) is 16.9. The highest BCUT2D eigenvalue weighted by molar-refractivity contribution is 6.05. The molecule has 5 fully saturated rings. The highest BCUT2D eigenvalue weighted by atomic mass is 16.7. The lowest BCUT2D eigenvalue weighted by Crippen LogP contribution is -2.75. The van der Waals surface area contributed by atoms with E-state index in [-0.39, 0.29) is 18.3 Å². The van der Waals surface area contributed by atoms with E-state index in [1.165, 1.54) is 20.8 Å². The number of Topliss-reactive ketones (excluding diaryl/α,β-unsaturated/α-hetero) is 1. The Bertz CT molecular complexity index is 1020. The van der Waals surface area contributed by atoms with Gasteiger partial charge in [-0.2, -0.15) is 0 Å². The summed E-state index contributed by atoms with van der Waals surface area (Å²) >= 11 is 0. The summed E-state index contributed by atoms with van der Waals surface area (Å²) < 4.78 is 30.0. The SMILES string of the molecule is C=C1C(=O)[C@@]23[C@@H](OC)C[C@@H]4[C@@]5(C)CCC[C@@]4(CO[C@H]5OC(C)=O)[C@@H]2[C@@H](OC(C)=O)C[C@@H]1[C@H]3OC(C)=O. The van der Waals surface area contributed by atoms with Crippen molar-refractivity contribution in [3.05, 3.63) is 12.2 Å². The van der Waals surface area contributed by atoms with Crippen LogP contribution in [0.2, 0.25) is 0 Å². The molecule has 36 heavy (non-hydrogen) atoms. The molecule has 0 amide bonds. The van der Waals surface area contributed by atoms with Crippen molar-refractivity contribution < 1.29 is 42.9 Å². The van der Waals surface area contributed by atoms with Gasteiger partial charge in [-0.25, -0.2) is 0 Å². The molecule has 9 nitrogen and oxygen atoms in total. The third-order valence-electron chi connectivity index (χ3n) is 10.0. The fraction of sp³-hybridized carbons (Fsp3) is 0.778. The zero-order valence-corrected chi connectivity index (χ0v) is 21.7. The Morgan fingerprint density at radius 1 is 1.00 bits per heavy atom. The Balaban J connectivity index is 1.72. The summed E-state index contributed by atoms with van der Waals surface area (Å²) in [5.74, 6) is -2.50.